The first-order valence-electron chi connectivity index (χ1n) is 10.7. The Hall–Kier alpha value is -2.64. The van der Waals surface area contributed by atoms with E-state index < -0.39 is 0 Å². The Morgan fingerprint density at radius 2 is 1.58 bits per heavy atom. The van der Waals surface area contributed by atoms with Gasteiger partial charge in [-0.25, -0.2) is 4.39 Å². The average Bonchev–Trinajstić information content (AvgIpc) is 2.78. The van der Waals surface area contributed by atoms with Crippen molar-refractivity contribution >= 4 is 11.6 Å². The maximum Gasteiger partial charge on any atom is 0.241 e. The molecule has 0 radical (unpaired) electrons. The Bertz CT molecular complexity index is 880. The molecule has 1 aliphatic rings. The van der Waals surface area contributed by atoms with Crippen LogP contribution in [0, 0.1) is 12.7 Å². The van der Waals surface area contributed by atoms with Gasteiger partial charge < -0.3 is 14.4 Å². The molecule has 7 heteroatoms. The smallest absolute Gasteiger partial charge is 0.241 e. The topological polar surface area (TPSA) is 45.3 Å². The lowest BCUT2D eigenvalue weighted by Gasteiger charge is -2.35. The van der Waals surface area contributed by atoms with E-state index in [1.807, 2.05) is 19.1 Å². The summed E-state index contributed by atoms with van der Waals surface area (Å²) in [4.78, 5) is 19.1. The Labute approximate surface area is 184 Å². The number of aryl methyl sites for hydroxylation is 1. The molecule has 0 aliphatic carbocycles. The summed E-state index contributed by atoms with van der Waals surface area (Å²) in [5.41, 5.74) is 3.13. The van der Waals surface area contributed by atoms with Gasteiger partial charge in [-0.15, -0.1) is 0 Å². The number of likely N-dealkylation sites (N-methyl/N-ethyl adjacent to an activating group) is 1. The van der Waals surface area contributed by atoms with Gasteiger partial charge in [-0.2, -0.15) is 0 Å². The molecule has 168 valence electrons. The van der Waals surface area contributed by atoms with E-state index in [1.165, 1.54) is 23.3 Å². The van der Waals surface area contributed by atoms with Crippen molar-refractivity contribution in [2.45, 2.75) is 20.4 Å². The minimum atomic E-state index is -0.298. The van der Waals surface area contributed by atoms with E-state index in [4.69, 9.17) is 9.47 Å². The van der Waals surface area contributed by atoms with E-state index in [-0.39, 0.29) is 11.7 Å². The first-order valence-corrected chi connectivity index (χ1v) is 10.7. The molecule has 1 amide bonds. The van der Waals surface area contributed by atoms with Crippen molar-refractivity contribution < 1.29 is 18.7 Å². The highest BCUT2D eigenvalue weighted by molar-refractivity contribution is 5.94. The highest BCUT2D eigenvalue weighted by Crippen LogP contribution is 2.31. The van der Waals surface area contributed by atoms with Crippen LogP contribution in [0.5, 0.6) is 11.5 Å². The molecule has 2 aromatic rings. The fourth-order valence-corrected chi connectivity index (χ4v) is 3.94. The monoisotopic (exact) mass is 429 g/mol. The Morgan fingerprint density at radius 1 is 1.00 bits per heavy atom. The summed E-state index contributed by atoms with van der Waals surface area (Å²) in [6, 6.07) is 10.1. The molecule has 3 rings (SSSR count). The quantitative estimate of drug-likeness (QED) is 0.644. The average molecular weight is 430 g/mol. The Kier molecular flexibility index (Phi) is 7.87. The zero-order chi connectivity index (χ0) is 22.4. The van der Waals surface area contributed by atoms with Gasteiger partial charge in [-0.1, -0.05) is 0 Å². The summed E-state index contributed by atoms with van der Waals surface area (Å²) < 4.78 is 24.0. The third kappa shape index (κ3) is 5.74. The first-order chi connectivity index (χ1) is 14.9. The van der Waals surface area contributed by atoms with Crippen LogP contribution in [0.25, 0.3) is 0 Å². The van der Waals surface area contributed by atoms with Crippen LogP contribution in [0.15, 0.2) is 36.4 Å². The zero-order valence-corrected chi connectivity index (χ0v) is 18.9. The maximum absolute atomic E-state index is 13.2. The van der Waals surface area contributed by atoms with E-state index >= 15 is 0 Å². The second-order valence-corrected chi connectivity index (χ2v) is 7.80. The van der Waals surface area contributed by atoms with Gasteiger partial charge in [-0.3, -0.25) is 14.6 Å². The predicted molar refractivity (Wildman–Crippen MR) is 120 cm³/mol. The number of rotatable bonds is 8. The van der Waals surface area contributed by atoms with Gasteiger partial charge in [0.15, 0.2) is 11.5 Å². The molecule has 2 aromatic carbocycles. The number of amides is 1. The molecule has 0 N–H and O–H groups in total. The summed E-state index contributed by atoms with van der Waals surface area (Å²) in [6.07, 6.45) is 0. The molecule has 31 heavy (non-hydrogen) atoms. The van der Waals surface area contributed by atoms with Crippen LogP contribution < -0.4 is 14.4 Å². The van der Waals surface area contributed by atoms with Crippen LogP contribution in [0.4, 0.5) is 10.1 Å². The number of piperazine rings is 1. The minimum absolute atomic E-state index is 0.0401. The lowest BCUT2D eigenvalue weighted by molar-refractivity contribution is -0.120. The van der Waals surface area contributed by atoms with Crippen molar-refractivity contribution in [1.82, 2.24) is 9.80 Å². The number of nitrogens with zero attached hydrogens (tertiary/aromatic N) is 3. The standard InChI is InChI=1S/C24H32FN3O3/c1-5-28(21-8-6-20(25)7-9-21)24(29)17-27-12-10-26(11-13-27)16-19-15-23(31-4)22(30-3)14-18(19)2/h6-9,14-15H,5,10-13,16-17H2,1-4H3. The molecule has 0 aromatic heterocycles. The maximum atomic E-state index is 13.2. The van der Waals surface area contributed by atoms with Crippen LogP contribution in [0.3, 0.4) is 0 Å². The van der Waals surface area contributed by atoms with Crippen molar-refractivity contribution in [3.8, 4) is 11.5 Å². The fourth-order valence-electron chi connectivity index (χ4n) is 3.94. The van der Waals surface area contributed by atoms with Crippen molar-refractivity contribution in [3.05, 3.63) is 53.3 Å². The molecule has 0 bridgehead atoms. The zero-order valence-electron chi connectivity index (χ0n) is 18.9. The van der Waals surface area contributed by atoms with E-state index in [0.29, 0.717) is 13.1 Å². The van der Waals surface area contributed by atoms with Gasteiger partial charge in [0.2, 0.25) is 5.91 Å². The van der Waals surface area contributed by atoms with Gasteiger partial charge in [-0.05, 0) is 61.4 Å². The number of benzene rings is 2. The van der Waals surface area contributed by atoms with Gasteiger partial charge in [0.25, 0.3) is 0 Å². The van der Waals surface area contributed by atoms with Crippen LogP contribution in [-0.4, -0.2) is 69.2 Å². The molecule has 0 atom stereocenters. The highest BCUT2D eigenvalue weighted by atomic mass is 19.1. The van der Waals surface area contributed by atoms with E-state index in [9.17, 15) is 9.18 Å². The Balaban J connectivity index is 1.55. The number of hydrogen-bond acceptors (Lipinski definition) is 5. The van der Waals surface area contributed by atoms with Crippen molar-refractivity contribution in [1.29, 1.82) is 0 Å². The molecule has 0 saturated carbocycles. The molecule has 0 unspecified atom stereocenters. The summed E-state index contributed by atoms with van der Waals surface area (Å²) >= 11 is 0. The summed E-state index contributed by atoms with van der Waals surface area (Å²) in [5, 5.41) is 0. The van der Waals surface area contributed by atoms with Crippen LogP contribution in [-0.2, 0) is 11.3 Å². The SMILES string of the molecule is CCN(C(=O)CN1CCN(Cc2cc(OC)c(OC)cc2C)CC1)c1ccc(F)cc1. The molecular weight excluding hydrogens is 397 g/mol. The number of halogens is 1. The second-order valence-electron chi connectivity index (χ2n) is 7.80. The molecule has 1 fully saturated rings. The number of anilines is 1. The fraction of sp³-hybridized carbons (Fsp3) is 0.458. The minimum Gasteiger partial charge on any atom is -0.493 e. The van der Waals surface area contributed by atoms with Crippen LogP contribution in [0.2, 0.25) is 0 Å². The molecule has 1 aliphatic heterocycles. The van der Waals surface area contributed by atoms with Gasteiger partial charge in [0, 0.05) is 45.0 Å². The lowest BCUT2D eigenvalue weighted by Crippen LogP contribution is -2.49. The highest BCUT2D eigenvalue weighted by Gasteiger charge is 2.23. The largest absolute Gasteiger partial charge is 0.493 e. The molecule has 1 saturated heterocycles. The number of hydrogen-bond donors (Lipinski definition) is 0. The number of ether oxygens (including phenoxy) is 2. The number of methoxy groups -OCH3 is 2. The summed E-state index contributed by atoms with van der Waals surface area (Å²) in [7, 11) is 3.30. The van der Waals surface area contributed by atoms with Crippen LogP contribution in [0.1, 0.15) is 18.1 Å². The summed E-state index contributed by atoms with van der Waals surface area (Å²) in [6.45, 7) is 9.24. The molecule has 0 spiro atoms. The van der Waals surface area contributed by atoms with Crippen molar-refractivity contribution in [2.75, 3.05) is 58.4 Å². The van der Waals surface area contributed by atoms with Crippen molar-refractivity contribution in [3.63, 3.8) is 0 Å². The lowest BCUT2D eigenvalue weighted by atomic mass is 10.1. The van der Waals surface area contributed by atoms with E-state index in [0.717, 1.165) is 49.9 Å². The molecule has 1 heterocycles. The van der Waals surface area contributed by atoms with Gasteiger partial charge in [0.05, 0.1) is 20.8 Å². The third-order valence-corrected chi connectivity index (χ3v) is 5.82. The van der Waals surface area contributed by atoms with Crippen molar-refractivity contribution in [2.24, 2.45) is 0 Å². The van der Waals surface area contributed by atoms with Crippen LogP contribution >= 0.6 is 0 Å². The number of carbonyl (C=O) groups excluding carboxylic acids is 1. The Morgan fingerprint density at radius 3 is 2.16 bits per heavy atom. The normalized spacial score (nSPS) is 15.0. The third-order valence-electron chi connectivity index (χ3n) is 5.82. The summed E-state index contributed by atoms with van der Waals surface area (Å²) in [5.74, 6) is 1.23. The van der Waals surface area contributed by atoms with E-state index in [2.05, 4.69) is 16.7 Å². The van der Waals surface area contributed by atoms with Gasteiger partial charge in [0.1, 0.15) is 5.82 Å². The van der Waals surface area contributed by atoms with Gasteiger partial charge >= 0.3 is 0 Å². The second kappa shape index (κ2) is 10.6. The van der Waals surface area contributed by atoms with E-state index in [1.54, 1.807) is 31.3 Å². The number of carbonyl (C=O) groups is 1. The molecular formula is C24H32FN3O3. The first kappa shape index (κ1) is 23.0. The predicted octanol–water partition coefficient (Wildman–Crippen LogP) is 3.32. The molecule has 6 nitrogen and oxygen atoms in total.